The molecule has 0 saturated heterocycles. The highest BCUT2D eigenvalue weighted by molar-refractivity contribution is 6.30. The van der Waals surface area contributed by atoms with Crippen LogP contribution in [-0.4, -0.2) is 0 Å². The topological polar surface area (TPSA) is 0 Å². The van der Waals surface area contributed by atoms with Crippen LogP contribution in [0.3, 0.4) is 0 Å². The summed E-state index contributed by atoms with van der Waals surface area (Å²) in [6.07, 6.45) is 0. The van der Waals surface area contributed by atoms with Crippen LogP contribution in [0, 0.1) is 6.92 Å². The van der Waals surface area contributed by atoms with E-state index in [4.69, 9.17) is 11.6 Å². The summed E-state index contributed by atoms with van der Waals surface area (Å²) >= 11 is 5.64. The monoisotopic (exact) mass is 146 g/mol. The van der Waals surface area contributed by atoms with Gasteiger partial charge in [0.1, 0.15) is 0 Å². The molecule has 0 nitrogen and oxygen atoms in total. The van der Waals surface area contributed by atoms with Crippen molar-refractivity contribution in [2.75, 3.05) is 0 Å². The summed E-state index contributed by atoms with van der Waals surface area (Å²) in [6, 6.07) is 7.76. The quantitative estimate of drug-likeness (QED) is 0.528. The summed E-state index contributed by atoms with van der Waals surface area (Å²) in [6.45, 7) is 2.02. The molecule has 0 atom stereocenters. The summed E-state index contributed by atoms with van der Waals surface area (Å²) in [7, 11) is 0. The third kappa shape index (κ3) is 2.47. The zero-order valence-corrected chi connectivity index (χ0v) is 5.85. The molecule has 0 aliphatic heterocycles. The Kier molecular flexibility index (Phi) is 3.25. The van der Waals surface area contributed by atoms with Crippen LogP contribution in [0.15, 0.2) is 24.3 Å². The van der Waals surface area contributed by atoms with Gasteiger partial charge in [0, 0.05) is 5.02 Å². The molecular formula is C7H8ClF. The third-order valence-electron chi connectivity index (χ3n) is 0.980. The molecule has 9 heavy (non-hydrogen) atoms. The van der Waals surface area contributed by atoms with Crippen molar-refractivity contribution in [3.8, 4) is 0 Å². The fourth-order valence-corrected chi connectivity index (χ4v) is 0.850. The Bertz CT molecular complexity index is 169. The van der Waals surface area contributed by atoms with E-state index in [0.717, 1.165) is 5.02 Å². The van der Waals surface area contributed by atoms with Crippen LogP contribution in [0.2, 0.25) is 5.02 Å². The summed E-state index contributed by atoms with van der Waals surface area (Å²) in [5.41, 5.74) is 1.21. The van der Waals surface area contributed by atoms with Crippen molar-refractivity contribution in [1.29, 1.82) is 0 Å². The highest BCUT2D eigenvalue weighted by atomic mass is 35.5. The first-order valence-electron chi connectivity index (χ1n) is 2.51. The van der Waals surface area contributed by atoms with E-state index in [2.05, 4.69) is 0 Å². The average molecular weight is 147 g/mol. The Hall–Kier alpha value is -0.560. The molecule has 0 amide bonds. The molecule has 2 heteroatoms. The second-order valence-electron chi connectivity index (χ2n) is 1.80. The Labute approximate surface area is 58.8 Å². The van der Waals surface area contributed by atoms with E-state index in [1.807, 2.05) is 31.2 Å². The SMILES string of the molecule is Cc1cccc(Cl)c1.F. The minimum Gasteiger partial charge on any atom is -0.269 e. The molecule has 0 spiro atoms. The number of halogens is 2. The third-order valence-corrected chi connectivity index (χ3v) is 1.22. The van der Waals surface area contributed by atoms with Gasteiger partial charge in [0.05, 0.1) is 0 Å². The van der Waals surface area contributed by atoms with E-state index in [-0.39, 0.29) is 4.70 Å². The fourth-order valence-electron chi connectivity index (χ4n) is 0.606. The van der Waals surface area contributed by atoms with Gasteiger partial charge >= 0.3 is 0 Å². The highest BCUT2D eigenvalue weighted by Gasteiger charge is 1.82. The summed E-state index contributed by atoms with van der Waals surface area (Å²) < 4.78 is 0. The molecule has 1 aromatic rings. The van der Waals surface area contributed by atoms with Crippen molar-refractivity contribution >= 4 is 11.6 Å². The second kappa shape index (κ2) is 3.46. The van der Waals surface area contributed by atoms with Gasteiger partial charge in [-0.05, 0) is 24.6 Å². The van der Waals surface area contributed by atoms with Crippen LogP contribution >= 0.6 is 11.6 Å². The van der Waals surface area contributed by atoms with E-state index in [0.29, 0.717) is 0 Å². The van der Waals surface area contributed by atoms with Crippen LogP contribution < -0.4 is 0 Å². The number of aryl methyl sites for hydroxylation is 1. The summed E-state index contributed by atoms with van der Waals surface area (Å²) in [5, 5.41) is 0.810. The molecule has 0 aliphatic rings. The number of rotatable bonds is 0. The largest absolute Gasteiger partial charge is 0.269 e. The molecule has 0 radical (unpaired) electrons. The van der Waals surface area contributed by atoms with Crippen molar-refractivity contribution in [2.24, 2.45) is 0 Å². The zero-order valence-electron chi connectivity index (χ0n) is 5.10. The molecule has 0 fully saturated rings. The van der Waals surface area contributed by atoms with Gasteiger partial charge in [-0.1, -0.05) is 23.7 Å². The van der Waals surface area contributed by atoms with Crippen molar-refractivity contribution in [2.45, 2.75) is 6.92 Å². The van der Waals surface area contributed by atoms with Gasteiger partial charge < -0.3 is 0 Å². The maximum Gasteiger partial charge on any atom is 0.0408 e. The normalized spacial score (nSPS) is 8.22. The van der Waals surface area contributed by atoms with E-state index >= 15 is 0 Å². The Morgan fingerprint density at radius 3 is 2.33 bits per heavy atom. The predicted molar refractivity (Wildman–Crippen MR) is 38.7 cm³/mol. The molecule has 1 aromatic carbocycles. The molecule has 0 heterocycles. The van der Waals surface area contributed by atoms with E-state index in [1.54, 1.807) is 0 Å². The maximum atomic E-state index is 5.64. The van der Waals surface area contributed by atoms with Crippen LogP contribution in [0.4, 0.5) is 4.70 Å². The molecule has 0 aromatic heterocycles. The lowest BCUT2D eigenvalue weighted by Gasteiger charge is -1.88. The van der Waals surface area contributed by atoms with E-state index in [1.165, 1.54) is 5.56 Å². The summed E-state index contributed by atoms with van der Waals surface area (Å²) in [4.78, 5) is 0. The Morgan fingerprint density at radius 1 is 1.33 bits per heavy atom. The van der Waals surface area contributed by atoms with Crippen molar-refractivity contribution < 1.29 is 4.70 Å². The predicted octanol–water partition coefficient (Wildman–Crippen LogP) is 2.80. The molecular weight excluding hydrogens is 139 g/mol. The highest BCUT2D eigenvalue weighted by Crippen LogP contribution is 2.08. The molecule has 0 aliphatic carbocycles. The lowest BCUT2D eigenvalue weighted by molar-refractivity contribution is 1.11. The van der Waals surface area contributed by atoms with Crippen molar-refractivity contribution in [3.63, 3.8) is 0 Å². The summed E-state index contributed by atoms with van der Waals surface area (Å²) in [5.74, 6) is 0. The molecule has 0 bridgehead atoms. The minimum atomic E-state index is 0. The van der Waals surface area contributed by atoms with Gasteiger partial charge in [-0.2, -0.15) is 0 Å². The smallest absolute Gasteiger partial charge is 0.0408 e. The zero-order chi connectivity index (χ0) is 5.98. The van der Waals surface area contributed by atoms with Crippen LogP contribution in [0.5, 0.6) is 0 Å². The molecule has 0 saturated carbocycles. The minimum absolute atomic E-state index is 0. The van der Waals surface area contributed by atoms with Crippen molar-refractivity contribution in [3.05, 3.63) is 34.9 Å². The first-order valence-corrected chi connectivity index (χ1v) is 2.89. The maximum absolute atomic E-state index is 5.64. The van der Waals surface area contributed by atoms with Crippen LogP contribution in [-0.2, 0) is 0 Å². The number of hydrogen-bond donors (Lipinski definition) is 0. The van der Waals surface area contributed by atoms with E-state index < -0.39 is 0 Å². The van der Waals surface area contributed by atoms with Gasteiger partial charge in [0.2, 0.25) is 0 Å². The van der Waals surface area contributed by atoms with Crippen molar-refractivity contribution in [1.82, 2.24) is 0 Å². The van der Waals surface area contributed by atoms with Gasteiger partial charge in [-0.25, -0.2) is 0 Å². The second-order valence-corrected chi connectivity index (χ2v) is 2.24. The first-order chi connectivity index (χ1) is 3.79. The number of benzene rings is 1. The first kappa shape index (κ1) is 8.44. The van der Waals surface area contributed by atoms with Crippen LogP contribution in [0.1, 0.15) is 5.56 Å². The lowest BCUT2D eigenvalue weighted by Crippen LogP contribution is -1.66. The van der Waals surface area contributed by atoms with Gasteiger partial charge in [-0.15, -0.1) is 0 Å². The molecule has 0 N–H and O–H groups in total. The Balaban J connectivity index is 0.000000640. The van der Waals surface area contributed by atoms with Crippen LogP contribution in [0.25, 0.3) is 0 Å². The molecule has 1 rings (SSSR count). The average Bonchev–Trinajstić information content (AvgIpc) is 1.64. The van der Waals surface area contributed by atoms with Gasteiger partial charge in [-0.3, -0.25) is 4.70 Å². The molecule has 0 unspecified atom stereocenters. The molecule has 50 valence electrons. The van der Waals surface area contributed by atoms with E-state index in [9.17, 15) is 0 Å². The lowest BCUT2D eigenvalue weighted by atomic mass is 10.2. The fraction of sp³-hybridized carbons (Fsp3) is 0.143. The standard InChI is InChI=1S/C7H7Cl.FH/c1-6-3-2-4-7(8)5-6;/h2-5H,1H3;1H. The number of hydrogen-bond acceptors (Lipinski definition) is 0. The Morgan fingerprint density at radius 2 is 2.00 bits per heavy atom. The van der Waals surface area contributed by atoms with Gasteiger partial charge in [0.25, 0.3) is 0 Å². The van der Waals surface area contributed by atoms with Gasteiger partial charge in [0.15, 0.2) is 0 Å².